The lowest BCUT2D eigenvalue weighted by Crippen LogP contribution is -2.17. The zero-order valence-electron chi connectivity index (χ0n) is 9.95. The summed E-state index contributed by atoms with van der Waals surface area (Å²) in [6.45, 7) is 3.03. The molecule has 5 heteroatoms. The maximum atomic E-state index is 5.20. The molecule has 1 aromatic heterocycles. The van der Waals surface area contributed by atoms with Gasteiger partial charge in [0, 0.05) is 13.0 Å². The van der Waals surface area contributed by atoms with Gasteiger partial charge in [-0.3, -0.25) is 0 Å². The number of nitrogens with one attached hydrogen (secondary N) is 1. The Morgan fingerprint density at radius 1 is 1.47 bits per heavy atom. The molecule has 0 fully saturated rings. The molecule has 0 radical (unpaired) electrons. The quantitative estimate of drug-likeness (QED) is 0.757. The van der Waals surface area contributed by atoms with Crippen LogP contribution in [0, 0.1) is 0 Å². The van der Waals surface area contributed by atoms with E-state index in [4.69, 9.17) is 4.52 Å². The van der Waals surface area contributed by atoms with Crippen molar-refractivity contribution in [2.75, 3.05) is 27.7 Å². The third-order valence-corrected chi connectivity index (χ3v) is 2.32. The second-order valence-corrected chi connectivity index (χ2v) is 3.85. The maximum Gasteiger partial charge on any atom is 0.243 e. The van der Waals surface area contributed by atoms with Gasteiger partial charge in [-0.05, 0) is 27.6 Å². The molecule has 15 heavy (non-hydrogen) atoms. The molecule has 1 unspecified atom stereocenters. The minimum absolute atomic E-state index is 0.172. The van der Waals surface area contributed by atoms with E-state index in [1.807, 2.05) is 21.1 Å². The first-order valence-electron chi connectivity index (χ1n) is 5.31. The summed E-state index contributed by atoms with van der Waals surface area (Å²) < 4.78 is 5.20. The fourth-order valence-corrected chi connectivity index (χ4v) is 1.34. The van der Waals surface area contributed by atoms with Gasteiger partial charge in [-0.25, -0.2) is 0 Å². The molecule has 1 atom stereocenters. The highest BCUT2D eigenvalue weighted by molar-refractivity contribution is 4.92. The first kappa shape index (κ1) is 12.1. The molecule has 0 saturated carbocycles. The third-order valence-electron chi connectivity index (χ3n) is 2.32. The Balaban J connectivity index is 2.55. The molecule has 1 heterocycles. The van der Waals surface area contributed by atoms with E-state index >= 15 is 0 Å². The number of hydrogen-bond donors (Lipinski definition) is 1. The molecule has 0 aromatic carbocycles. The Kier molecular flexibility index (Phi) is 4.71. The smallest absolute Gasteiger partial charge is 0.243 e. The van der Waals surface area contributed by atoms with Crippen molar-refractivity contribution in [3.8, 4) is 0 Å². The topological polar surface area (TPSA) is 54.2 Å². The molecule has 0 spiro atoms. The number of aromatic nitrogens is 2. The largest absolute Gasteiger partial charge is 0.338 e. The molecule has 86 valence electrons. The summed E-state index contributed by atoms with van der Waals surface area (Å²) in [6, 6.07) is 0.172. The Labute approximate surface area is 90.8 Å². The Hall–Kier alpha value is -0.940. The monoisotopic (exact) mass is 212 g/mol. The number of nitrogens with zero attached hydrogens (tertiary/aromatic N) is 3. The van der Waals surface area contributed by atoms with Gasteiger partial charge >= 0.3 is 0 Å². The Morgan fingerprint density at radius 3 is 2.73 bits per heavy atom. The van der Waals surface area contributed by atoms with Gasteiger partial charge in [0.25, 0.3) is 0 Å². The predicted molar refractivity (Wildman–Crippen MR) is 58.6 cm³/mol. The lowest BCUT2D eigenvalue weighted by atomic mass is 10.2. The van der Waals surface area contributed by atoms with Crippen molar-refractivity contribution < 1.29 is 4.52 Å². The maximum absolute atomic E-state index is 5.20. The molecule has 0 bridgehead atoms. The van der Waals surface area contributed by atoms with E-state index in [9.17, 15) is 0 Å². The summed E-state index contributed by atoms with van der Waals surface area (Å²) in [5.74, 6) is 1.47. The van der Waals surface area contributed by atoms with Gasteiger partial charge in [0.1, 0.15) is 0 Å². The molecule has 1 aromatic rings. The SMILES string of the molecule is CCC(NC)c1nc(CCN(C)C)no1. The lowest BCUT2D eigenvalue weighted by molar-refractivity contribution is 0.329. The van der Waals surface area contributed by atoms with E-state index in [1.54, 1.807) is 0 Å². The van der Waals surface area contributed by atoms with Gasteiger partial charge < -0.3 is 14.7 Å². The van der Waals surface area contributed by atoms with Crippen molar-refractivity contribution in [3.63, 3.8) is 0 Å². The van der Waals surface area contributed by atoms with E-state index < -0.39 is 0 Å². The first-order valence-corrected chi connectivity index (χ1v) is 5.31. The van der Waals surface area contributed by atoms with E-state index in [1.165, 1.54) is 0 Å². The van der Waals surface area contributed by atoms with Crippen LogP contribution >= 0.6 is 0 Å². The Morgan fingerprint density at radius 2 is 2.20 bits per heavy atom. The highest BCUT2D eigenvalue weighted by Crippen LogP contribution is 2.13. The van der Waals surface area contributed by atoms with Crippen molar-refractivity contribution in [1.82, 2.24) is 20.4 Å². The lowest BCUT2D eigenvalue weighted by Gasteiger charge is -2.07. The molecule has 1 N–H and O–H groups in total. The van der Waals surface area contributed by atoms with Gasteiger partial charge in [-0.1, -0.05) is 12.1 Å². The van der Waals surface area contributed by atoms with Crippen molar-refractivity contribution >= 4 is 0 Å². The first-order chi connectivity index (χ1) is 7.17. The molecule has 0 aliphatic carbocycles. The second-order valence-electron chi connectivity index (χ2n) is 3.85. The van der Waals surface area contributed by atoms with Crippen LogP contribution in [0.25, 0.3) is 0 Å². The molecule has 5 nitrogen and oxygen atoms in total. The van der Waals surface area contributed by atoms with Crippen LogP contribution in [-0.2, 0) is 6.42 Å². The van der Waals surface area contributed by atoms with Crippen LogP contribution in [0.2, 0.25) is 0 Å². The fraction of sp³-hybridized carbons (Fsp3) is 0.800. The second kappa shape index (κ2) is 5.82. The molecular weight excluding hydrogens is 192 g/mol. The van der Waals surface area contributed by atoms with E-state index in [0.717, 1.165) is 25.2 Å². The van der Waals surface area contributed by atoms with Crippen LogP contribution in [0.4, 0.5) is 0 Å². The van der Waals surface area contributed by atoms with Crippen LogP contribution in [0.1, 0.15) is 31.1 Å². The van der Waals surface area contributed by atoms with Crippen LogP contribution < -0.4 is 5.32 Å². The highest BCUT2D eigenvalue weighted by atomic mass is 16.5. The van der Waals surface area contributed by atoms with E-state index in [-0.39, 0.29) is 6.04 Å². The normalized spacial score (nSPS) is 13.4. The van der Waals surface area contributed by atoms with E-state index in [2.05, 4.69) is 27.3 Å². The van der Waals surface area contributed by atoms with Crippen molar-refractivity contribution in [2.45, 2.75) is 25.8 Å². The molecular formula is C10H20N4O. The van der Waals surface area contributed by atoms with Gasteiger partial charge in [-0.15, -0.1) is 0 Å². The summed E-state index contributed by atoms with van der Waals surface area (Å²) >= 11 is 0. The molecule has 1 rings (SSSR count). The summed E-state index contributed by atoms with van der Waals surface area (Å²) in [4.78, 5) is 6.46. The molecule has 0 saturated heterocycles. The van der Waals surface area contributed by atoms with Crippen molar-refractivity contribution in [2.24, 2.45) is 0 Å². The average Bonchev–Trinajstić information content (AvgIpc) is 2.65. The molecule has 0 aliphatic heterocycles. The molecule has 0 amide bonds. The van der Waals surface area contributed by atoms with Crippen LogP contribution in [0.3, 0.4) is 0 Å². The van der Waals surface area contributed by atoms with Gasteiger partial charge in [-0.2, -0.15) is 4.98 Å². The average molecular weight is 212 g/mol. The molecule has 0 aliphatic rings. The minimum Gasteiger partial charge on any atom is -0.338 e. The number of likely N-dealkylation sites (N-methyl/N-ethyl adjacent to an activating group) is 1. The number of hydrogen-bond acceptors (Lipinski definition) is 5. The zero-order valence-corrected chi connectivity index (χ0v) is 9.95. The summed E-state index contributed by atoms with van der Waals surface area (Å²) in [5.41, 5.74) is 0. The fourth-order valence-electron chi connectivity index (χ4n) is 1.34. The summed E-state index contributed by atoms with van der Waals surface area (Å²) in [6.07, 6.45) is 1.78. The Bertz CT molecular complexity index is 281. The van der Waals surface area contributed by atoms with Crippen molar-refractivity contribution in [1.29, 1.82) is 0 Å². The zero-order chi connectivity index (χ0) is 11.3. The standard InChI is InChI=1S/C10H20N4O/c1-5-8(11-2)10-12-9(13-15-10)6-7-14(3)4/h8,11H,5-7H2,1-4H3. The van der Waals surface area contributed by atoms with Crippen LogP contribution in [0.5, 0.6) is 0 Å². The van der Waals surface area contributed by atoms with Crippen molar-refractivity contribution in [3.05, 3.63) is 11.7 Å². The number of rotatable bonds is 6. The van der Waals surface area contributed by atoms with Gasteiger partial charge in [0.15, 0.2) is 5.82 Å². The van der Waals surface area contributed by atoms with Crippen LogP contribution in [0.15, 0.2) is 4.52 Å². The van der Waals surface area contributed by atoms with E-state index in [0.29, 0.717) is 5.89 Å². The summed E-state index contributed by atoms with van der Waals surface area (Å²) in [5, 5.41) is 7.09. The van der Waals surface area contributed by atoms with Gasteiger partial charge in [0.2, 0.25) is 5.89 Å². The third kappa shape index (κ3) is 3.60. The van der Waals surface area contributed by atoms with Crippen LogP contribution in [-0.4, -0.2) is 42.7 Å². The predicted octanol–water partition coefficient (Wildman–Crippen LogP) is 0.844. The minimum atomic E-state index is 0.172. The summed E-state index contributed by atoms with van der Waals surface area (Å²) in [7, 11) is 5.96. The van der Waals surface area contributed by atoms with Gasteiger partial charge in [0.05, 0.1) is 6.04 Å². The highest BCUT2D eigenvalue weighted by Gasteiger charge is 2.14.